The lowest BCUT2D eigenvalue weighted by Gasteiger charge is -1.94. The van der Waals surface area contributed by atoms with E-state index in [0.717, 1.165) is 20.6 Å². The SMILES string of the molecule is Cc1nc(C)c(C(=O)Cc2nccs2)s1. The van der Waals surface area contributed by atoms with Gasteiger partial charge in [0.15, 0.2) is 5.78 Å². The Bertz CT molecular complexity index is 474. The Hall–Kier alpha value is -1.07. The fourth-order valence-electron chi connectivity index (χ4n) is 1.35. The summed E-state index contributed by atoms with van der Waals surface area (Å²) in [5, 5.41) is 3.69. The van der Waals surface area contributed by atoms with E-state index < -0.39 is 0 Å². The summed E-state index contributed by atoms with van der Waals surface area (Å²) in [6.07, 6.45) is 2.11. The van der Waals surface area contributed by atoms with Crippen molar-refractivity contribution in [3.63, 3.8) is 0 Å². The quantitative estimate of drug-likeness (QED) is 0.772. The van der Waals surface area contributed by atoms with Gasteiger partial charge in [-0.15, -0.1) is 22.7 Å². The standard InChI is InChI=1S/C10H10N2OS2/c1-6-10(15-7(2)12-6)8(13)5-9-11-3-4-14-9/h3-4H,5H2,1-2H3. The molecule has 0 amide bonds. The molecule has 78 valence electrons. The lowest BCUT2D eigenvalue weighted by molar-refractivity contribution is 0.0996. The molecule has 0 aromatic carbocycles. The first-order valence-electron chi connectivity index (χ1n) is 4.52. The monoisotopic (exact) mass is 238 g/mol. The molecule has 0 spiro atoms. The number of thiazole rings is 2. The minimum Gasteiger partial charge on any atom is -0.293 e. The van der Waals surface area contributed by atoms with Crippen LogP contribution in [0, 0.1) is 13.8 Å². The third-order valence-electron chi connectivity index (χ3n) is 1.95. The van der Waals surface area contributed by atoms with Crippen molar-refractivity contribution < 1.29 is 4.79 Å². The zero-order chi connectivity index (χ0) is 10.8. The van der Waals surface area contributed by atoms with Crippen LogP contribution >= 0.6 is 22.7 Å². The topological polar surface area (TPSA) is 42.9 Å². The van der Waals surface area contributed by atoms with E-state index >= 15 is 0 Å². The second kappa shape index (κ2) is 4.20. The van der Waals surface area contributed by atoms with Crippen LogP contribution < -0.4 is 0 Å². The predicted octanol–water partition coefficient (Wildman–Crippen LogP) is 2.64. The van der Waals surface area contributed by atoms with Crippen LogP contribution in [-0.4, -0.2) is 15.8 Å². The zero-order valence-electron chi connectivity index (χ0n) is 8.48. The van der Waals surface area contributed by atoms with Crippen LogP contribution in [0.25, 0.3) is 0 Å². The van der Waals surface area contributed by atoms with Crippen molar-refractivity contribution >= 4 is 28.5 Å². The minimum absolute atomic E-state index is 0.119. The molecule has 0 unspecified atom stereocenters. The van der Waals surface area contributed by atoms with E-state index in [4.69, 9.17) is 0 Å². The van der Waals surface area contributed by atoms with E-state index in [1.54, 1.807) is 6.20 Å². The van der Waals surface area contributed by atoms with E-state index in [2.05, 4.69) is 9.97 Å². The average Bonchev–Trinajstić information content (AvgIpc) is 2.75. The first-order valence-corrected chi connectivity index (χ1v) is 6.22. The maximum atomic E-state index is 11.9. The molecule has 5 heteroatoms. The Morgan fingerprint density at radius 2 is 2.27 bits per heavy atom. The molecule has 15 heavy (non-hydrogen) atoms. The second-order valence-corrected chi connectivity index (χ2v) is 5.36. The van der Waals surface area contributed by atoms with Crippen LogP contribution in [0.1, 0.15) is 25.4 Å². The van der Waals surface area contributed by atoms with Gasteiger partial charge in [-0.05, 0) is 13.8 Å². The summed E-state index contributed by atoms with van der Waals surface area (Å²) in [7, 11) is 0. The van der Waals surface area contributed by atoms with Crippen molar-refractivity contribution in [1.29, 1.82) is 0 Å². The highest BCUT2D eigenvalue weighted by atomic mass is 32.1. The Kier molecular flexibility index (Phi) is 2.93. The van der Waals surface area contributed by atoms with Gasteiger partial charge in [-0.1, -0.05) is 0 Å². The van der Waals surface area contributed by atoms with Gasteiger partial charge < -0.3 is 0 Å². The van der Waals surface area contributed by atoms with Crippen LogP contribution in [0.2, 0.25) is 0 Å². The highest BCUT2D eigenvalue weighted by Gasteiger charge is 2.15. The van der Waals surface area contributed by atoms with Gasteiger partial charge in [0.05, 0.1) is 22.0 Å². The molecule has 3 nitrogen and oxygen atoms in total. The fourth-order valence-corrected chi connectivity index (χ4v) is 2.82. The molecule has 0 bridgehead atoms. The molecule has 0 atom stereocenters. The summed E-state index contributed by atoms with van der Waals surface area (Å²) in [6, 6.07) is 0. The molecule has 0 saturated carbocycles. The number of nitrogens with zero attached hydrogens (tertiary/aromatic N) is 2. The Morgan fingerprint density at radius 3 is 2.80 bits per heavy atom. The van der Waals surface area contributed by atoms with Crippen molar-refractivity contribution in [1.82, 2.24) is 9.97 Å². The number of rotatable bonds is 3. The van der Waals surface area contributed by atoms with E-state index in [0.29, 0.717) is 6.42 Å². The van der Waals surface area contributed by atoms with Crippen molar-refractivity contribution in [2.24, 2.45) is 0 Å². The molecule has 2 aromatic heterocycles. The summed E-state index contributed by atoms with van der Waals surface area (Å²) in [5.41, 5.74) is 0.832. The molecule has 2 aromatic rings. The van der Waals surface area contributed by atoms with Gasteiger partial charge in [-0.25, -0.2) is 9.97 Å². The summed E-state index contributed by atoms with van der Waals surface area (Å²) in [5.74, 6) is 0.119. The van der Waals surface area contributed by atoms with Crippen LogP contribution in [0.15, 0.2) is 11.6 Å². The molecule has 0 aliphatic carbocycles. The molecule has 2 rings (SSSR count). The Morgan fingerprint density at radius 1 is 1.47 bits per heavy atom. The lowest BCUT2D eigenvalue weighted by Crippen LogP contribution is -2.02. The highest BCUT2D eigenvalue weighted by molar-refractivity contribution is 7.14. The van der Waals surface area contributed by atoms with Crippen molar-refractivity contribution in [3.8, 4) is 0 Å². The van der Waals surface area contributed by atoms with Gasteiger partial charge in [0, 0.05) is 11.6 Å². The largest absolute Gasteiger partial charge is 0.293 e. The molecule has 0 fully saturated rings. The molecule has 0 radical (unpaired) electrons. The van der Waals surface area contributed by atoms with Gasteiger partial charge in [0.1, 0.15) is 5.01 Å². The van der Waals surface area contributed by atoms with Gasteiger partial charge >= 0.3 is 0 Å². The second-order valence-electron chi connectivity index (χ2n) is 3.17. The van der Waals surface area contributed by atoms with Gasteiger partial charge in [-0.3, -0.25) is 4.79 Å². The molecule has 0 saturated heterocycles. The fraction of sp³-hybridized carbons (Fsp3) is 0.300. The summed E-state index contributed by atoms with van der Waals surface area (Å²) in [6.45, 7) is 3.79. The Labute approximate surface area is 95.8 Å². The number of aryl methyl sites for hydroxylation is 2. The number of ketones is 1. The molecular formula is C10H10N2OS2. The molecule has 0 aliphatic rings. The third-order valence-corrected chi connectivity index (χ3v) is 3.85. The van der Waals surface area contributed by atoms with E-state index in [-0.39, 0.29) is 5.78 Å². The zero-order valence-corrected chi connectivity index (χ0v) is 10.1. The molecule has 2 heterocycles. The summed E-state index contributed by atoms with van der Waals surface area (Å²) < 4.78 is 0. The Balaban J connectivity index is 2.18. The van der Waals surface area contributed by atoms with Gasteiger partial charge in [0.25, 0.3) is 0 Å². The average molecular weight is 238 g/mol. The van der Waals surface area contributed by atoms with E-state index in [1.807, 2.05) is 19.2 Å². The third kappa shape index (κ3) is 2.30. The lowest BCUT2D eigenvalue weighted by atomic mass is 10.2. The van der Waals surface area contributed by atoms with Crippen molar-refractivity contribution in [2.75, 3.05) is 0 Å². The molecular weight excluding hydrogens is 228 g/mol. The number of hydrogen-bond acceptors (Lipinski definition) is 5. The highest BCUT2D eigenvalue weighted by Crippen LogP contribution is 2.19. The summed E-state index contributed by atoms with van der Waals surface area (Å²) in [4.78, 5) is 21.0. The maximum Gasteiger partial charge on any atom is 0.181 e. The van der Waals surface area contributed by atoms with E-state index in [9.17, 15) is 4.79 Å². The number of Topliss-reactive ketones (excluding diaryl/α,β-unsaturated/α-hetero) is 1. The van der Waals surface area contributed by atoms with Crippen LogP contribution in [0.3, 0.4) is 0 Å². The predicted molar refractivity (Wildman–Crippen MR) is 61.7 cm³/mol. The summed E-state index contributed by atoms with van der Waals surface area (Å²) >= 11 is 2.97. The number of carbonyl (C=O) groups is 1. The normalized spacial score (nSPS) is 10.5. The van der Waals surface area contributed by atoms with Crippen molar-refractivity contribution in [2.45, 2.75) is 20.3 Å². The number of aromatic nitrogens is 2. The van der Waals surface area contributed by atoms with Crippen LogP contribution in [0.4, 0.5) is 0 Å². The smallest absolute Gasteiger partial charge is 0.181 e. The van der Waals surface area contributed by atoms with Crippen LogP contribution in [0.5, 0.6) is 0 Å². The minimum atomic E-state index is 0.119. The van der Waals surface area contributed by atoms with Gasteiger partial charge in [0.2, 0.25) is 0 Å². The number of hydrogen-bond donors (Lipinski definition) is 0. The first kappa shape index (κ1) is 10.4. The maximum absolute atomic E-state index is 11.9. The molecule has 0 aliphatic heterocycles. The first-order chi connectivity index (χ1) is 7.16. The number of carbonyl (C=O) groups excluding carboxylic acids is 1. The van der Waals surface area contributed by atoms with E-state index in [1.165, 1.54) is 22.7 Å². The van der Waals surface area contributed by atoms with Crippen molar-refractivity contribution in [3.05, 3.63) is 32.2 Å². The molecule has 0 N–H and O–H groups in total. The van der Waals surface area contributed by atoms with Gasteiger partial charge in [-0.2, -0.15) is 0 Å². The van der Waals surface area contributed by atoms with Crippen LogP contribution in [-0.2, 0) is 6.42 Å².